The number of hydrogen-bond donors (Lipinski definition) is 1. The summed E-state index contributed by atoms with van der Waals surface area (Å²) in [5.74, 6) is 0. The minimum Gasteiger partial charge on any atom is -0.320 e. The Kier molecular flexibility index (Phi) is 4.61. The molecule has 0 saturated heterocycles. The molecule has 0 aromatic carbocycles. The molecule has 0 saturated carbocycles. The number of hydrogen-bond acceptors (Lipinski definition) is 2. The standard InChI is InChI=1S/C11H18BrNS/c1-11(2,5-6-13-3)8-10-9(12)4-7-14-10/h4,7,13H,5-6,8H2,1-3H3. The van der Waals surface area contributed by atoms with Crippen LogP contribution in [0.4, 0.5) is 0 Å². The van der Waals surface area contributed by atoms with Crippen molar-refractivity contribution < 1.29 is 0 Å². The normalized spacial score (nSPS) is 12.0. The van der Waals surface area contributed by atoms with E-state index in [0.29, 0.717) is 5.41 Å². The zero-order valence-corrected chi connectivity index (χ0v) is 11.5. The molecule has 0 aliphatic rings. The third kappa shape index (κ3) is 3.71. The number of halogens is 1. The van der Waals surface area contributed by atoms with E-state index in [-0.39, 0.29) is 0 Å². The third-order valence-electron chi connectivity index (χ3n) is 2.38. The van der Waals surface area contributed by atoms with Crippen molar-refractivity contribution in [2.24, 2.45) is 5.41 Å². The highest BCUT2D eigenvalue weighted by Crippen LogP contribution is 2.32. The highest BCUT2D eigenvalue weighted by molar-refractivity contribution is 9.10. The Labute approximate surface area is 99.0 Å². The largest absolute Gasteiger partial charge is 0.320 e. The molecule has 1 nitrogen and oxygen atoms in total. The summed E-state index contributed by atoms with van der Waals surface area (Å²) in [7, 11) is 2.01. The van der Waals surface area contributed by atoms with Crippen molar-refractivity contribution in [3.63, 3.8) is 0 Å². The molecule has 0 aliphatic carbocycles. The van der Waals surface area contributed by atoms with Crippen molar-refractivity contribution >= 4 is 27.3 Å². The molecule has 0 unspecified atom stereocenters. The van der Waals surface area contributed by atoms with E-state index in [4.69, 9.17) is 0 Å². The lowest BCUT2D eigenvalue weighted by atomic mass is 9.85. The summed E-state index contributed by atoms with van der Waals surface area (Å²) in [5.41, 5.74) is 0.385. The lowest BCUT2D eigenvalue weighted by Crippen LogP contribution is -2.21. The molecule has 3 heteroatoms. The molecule has 80 valence electrons. The average Bonchev–Trinajstić information content (AvgIpc) is 2.48. The fourth-order valence-corrected chi connectivity index (χ4v) is 3.19. The third-order valence-corrected chi connectivity index (χ3v) is 4.31. The van der Waals surface area contributed by atoms with Crippen LogP contribution in [0.1, 0.15) is 25.1 Å². The van der Waals surface area contributed by atoms with Crippen molar-refractivity contribution in [2.45, 2.75) is 26.7 Å². The second-order valence-electron chi connectivity index (χ2n) is 4.39. The second kappa shape index (κ2) is 5.29. The Bertz CT molecular complexity index is 281. The quantitative estimate of drug-likeness (QED) is 0.865. The van der Waals surface area contributed by atoms with Gasteiger partial charge in [0, 0.05) is 9.35 Å². The van der Waals surface area contributed by atoms with Crippen molar-refractivity contribution in [3.05, 3.63) is 20.8 Å². The lowest BCUT2D eigenvalue weighted by Gasteiger charge is -2.24. The lowest BCUT2D eigenvalue weighted by molar-refractivity contribution is 0.331. The Morgan fingerprint density at radius 1 is 1.50 bits per heavy atom. The van der Waals surface area contributed by atoms with Crippen LogP contribution >= 0.6 is 27.3 Å². The summed E-state index contributed by atoms with van der Waals surface area (Å²) in [6.45, 7) is 5.75. The first-order valence-electron chi connectivity index (χ1n) is 4.92. The molecule has 1 N–H and O–H groups in total. The SMILES string of the molecule is CNCCC(C)(C)Cc1sccc1Br. The summed E-state index contributed by atoms with van der Waals surface area (Å²) >= 11 is 5.42. The average molecular weight is 276 g/mol. The van der Waals surface area contributed by atoms with Gasteiger partial charge in [-0.2, -0.15) is 0 Å². The molecular formula is C11H18BrNS. The van der Waals surface area contributed by atoms with Crippen LogP contribution < -0.4 is 5.32 Å². The summed E-state index contributed by atoms with van der Waals surface area (Å²) < 4.78 is 1.26. The van der Waals surface area contributed by atoms with Gasteiger partial charge in [-0.1, -0.05) is 13.8 Å². The van der Waals surface area contributed by atoms with Gasteiger partial charge in [-0.05, 0) is 59.2 Å². The first kappa shape index (κ1) is 12.2. The molecule has 1 aromatic rings. The molecule has 1 rings (SSSR count). The van der Waals surface area contributed by atoms with Gasteiger partial charge in [-0.3, -0.25) is 0 Å². The summed E-state index contributed by atoms with van der Waals surface area (Å²) in [6.07, 6.45) is 2.38. The van der Waals surface area contributed by atoms with Crippen LogP contribution in [0.2, 0.25) is 0 Å². The molecule has 1 heterocycles. The number of nitrogens with one attached hydrogen (secondary N) is 1. The van der Waals surface area contributed by atoms with Crippen molar-refractivity contribution in [2.75, 3.05) is 13.6 Å². The monoisotopic (exact) mass is 275 g/mol. The van der Waals surface area contributed by atoms with E-state index < -0.39 is 0 Å². The fraction of sp³-hybridized carbons (Fsp3) is 0.636. The fourth-order valence-electron chi connectivity index (χ4n) is 1.44. The van der Waals surface area contributed by atoms with Gasteiger partial charge in [0.05, 0.1) is 0 Å². The molecule has 0 atom stereocenters. The van der Waals surface area contributed by atoms with E-state index in [0.717, 1.165) is 13.0 Å². The summed E-state index contributed by atoms with van der Waals surface area (Å²) in [4.78, 5) is 1.46. The maximum absolute atomic E-state index is 3.58. The number of thiophene rings is 1. The van der Waals surface area contributed by atoms with Crippen LogP contribution in [0.25, 0.3) is 0 Å². The minimum absolute atomic E-state index is 0.385. The van der Waals surface area contributed by atoms with E-state index in [1.807, 2.05) is 18.4 Å². The van der Waals surface area contributed by atoms with Gasteiger partial charge in [-0.25, -0.2) is 0 Å². The van der Waals surface area contributed by atoms with Gasteiger partial charge >= 0.3 is 0 Å². The van der Waals surface area contributed by atoms with Crippen LogP contribution in [0.3, 0.4) is 0 Å². The van der Waals surface area contributed by atoms with Gasteiger partial charge in [0.25, 0.3) is 0 Å². The van der Waals surface area contributed by atoms with E-state index in [2.05, 4.69) is 46.5 Å². The van der Waals surface area contributed by atoms with Gasteiger partial charge < -0.3 is 5.32 Å². The molecule has 0 bridgehead atoms. The molecule has 14 heavy (non-hydrogen) atoms. The predicted octanol–water partition coefficient (Wildman–Crippen LogP) is 3.69. The zero-order valence-electron chi connectivity index (χ0n) is 9.06. The Morgan fingerprint density at radius 3 is 2.71 bits per heavy atom. The zero-order chi connectivity index (χ0) is 10.6. The Hall–Kier alpha value is 0.140. The van der Waals surface area contributed by atoms with Crippen LogP contribution in [0, 0.1) is 5.41 Å². The highest BCUT2D eigenvalue weighted by Gasteiger charge is 2.19. The molecule has 0 fully saturated rings. The van der Waals surface area contributed by atoms with Crippen molar-refractivity contribution in [3.8, 4) is 0 Å². The number of rotatable bonds is 5. The maximum Gasteiger partial charge on any atom is 0.0314 e. The van der Waals surface area contributed by atoms with E-state index >= 15 is 0 Å². The van der Waals surface area contributed by atoms with Crippen LogP contribution in [0.5, 0.6) is 0 Å². The van der Waals surface area contributed by atoms with Crippen LogP contribution in [-0.2, 0) is 6.42 Å². The van der Waals surface area contributed by atoms with Gasteiger partial charge in [0.15, 0.2) is 0 Å². The Balaban J connectivity index is 2.54. The molecular weight excluding hydrogens is 258 g/mol. The predicted molar refractivity (Wildman–Crippen MR) is 68.0 cm³/mol. The molecule has 0 radical (unpaired) electrons. The molecule has 0 spiro atoms. The van der Waals surface area contributed by atoms with Gasteiger partial charge in [0.1, 0.15) is 0 Å². The van der Waals surface area contributed by atoms with Gasteiger partial charge in [-0.15, -0.1) is 11.3 Å². The maximum atomic E-state index is 3.58. The van der Waals surface area contributed by atoms with E-state index in [1.165, 1.54) is 15.8 Å². The van der Waals surface area contributed by atoms with Crippen molar-refractivity contribution in [1.29, 1.82) is 0 Å². The van der Waals surface area contributed by atoms with E-state index in [9.17, 15) is 0 Å². The van der Waals surface area contributed by atoms with E-state index in [1.54, 1.807) is 0 Å². The second-order valence-corrected chi connectivity index (χ2v) is 6.24. The molecule has 0 aliphatic heterocycles. The molecule has 1 aromatic heterocycles. The van der Waals surface area contributed by atoms with Crippen LogP contribution in [-0.4, -0.2) is 13.6 Å². The Morgan fingerprint density at radius 2 is 2.21 bits per heavy atom. The topological polar surface area (TPSA) is 12.0 Å². The summed E-state index contributed by atoms with van der Waals surface area (Å²) in [6, 6.07) is 2.13. The van der Waals surface area contributed by atoms with Gasteiger partial charge in [0.2, 0.25) is 0 Å². The highest BCUT2D eigenvalue weighted by atomic mass is 79.9. The summed E-state index contributed by atoms with van der Waals surface area (Å²) in [5, 5.41) is 5.36. The first-order chi connectivity index (χ1) is 6.55. The van der Waals surface area contributed by atoms with Crippen LogP contribution in [0.15, 0.2) is 15.9 Å². The van der Waals surface area contributed by atoms with Crippen molar-refractivity contribution in [1.82, 2.24) is 5.32 Å². The molecule has 0 amide bonds. The minimum atomic E-state index is 0.385. The first-order valence-corrected chi connectivity index (χ1v) is 6.59. The smallest absolute Gasteiger partial charge is 0.0314 e.